The monoisotopic (exact) mass is 296 g/mol. The number of carboxylic acid groups (broad SMARTS) is 1. The second-order valence-corrected chi connectivity index (χ2v) is 5.39. The van der Waals surface area contributed by atoms with E-state index in [0.29, 0.717) is 11.4 Å². The lowest BCUT2D eigenvalue weighted by Crippen LogP contribution is -2.46. The first-order valence-corrected chi connectivity index (χ1v) is 6.38. The molecule has 7 heteroatoms. The average Bonchev–Trinajstić information content (AvgIpc) is 2.33. The molecule has 1 atom stereocenters. The van der Waals surface area contributed by atoms with E-state index in [9.17, 15) is 9.59 Å². The summed E-state index contributed by atoms with van der Waals surface area (Å²) in [7, 11) is 0. The average molecular weight is 296 g/mol. The highest BCUT2D eigenvalue weighted by Crippen LogP contribution is 2.19. The summed E-state index contributed by atoms with van der Waals surface area (Å²) < 4.78 is 10.3. The fourth-order valence-electron chi connectivity index (χ4n) is 1.41. The van der Waals surface area contributed by atoms with Gasteiger partial charge in [0.05, 0.1) is 5.69 Å². The number of rotatable bonds is 5. The predicted molar refractivity (Wildman–Crippen MR) is 77.1 cm³/mol. The second kappa shape index (κ2) is 6.83. The van der Waals surface area contributed by atoms with Gasteiger partial charge in [0.15, 0.2) is 6.04 Å². The van der Waals surface area contributed by atoms with Gasteiger partial charge in [0.2, 0.25) is 0 Å². The minimum Gasteiger partial charge on any atom is -0.489 e. The van der Waals surface area contributed by atoms with Crippen molar-refractivity contribution >= 4 is 17.7 Å². The van der Waals surface area contributed by atoms with Gasteiger partial charge in [0.1, 0.15) is 18.0 Å². The van der Waals surface area contributed by atoms with E-state index in [2.05, 4.69) is 5.32 Å². The molecule has 116 valence electrons. The zero-order chi connectivity index (χ0) is 16.0. The number of hydrogen-bond donors (Lipinski definition) is 3. The molecule has 0 heterocycles. The molecule has 0 aliphatic heterocycles. The van der Waals surface area contributed by atoms with Crippen molar-refractivity contribution in [1.29, 1.82) is 0 Å². The number of hydrogen-bond acceptors (Lipinski definition) is 5. The Labute approximate surface area is 123 Å². The van der Waals surface area contributed by atoms with Crippen molar-refractivity contribution < 1.29 is 24.2 Å². The Bertz CT molecular complexity index is 510. The fourth-order valence-corrected chi connectivity index (χ4v) is 1.41. The van der Waals surface area contributed by atoms with Gasteiger partial charge in [-0.3, -0.25) is 0 Å². The van der Waals surface area contributed by atoms with Gasteiger partial charge in [-0.15, -0.1) is 0 Å². The van der Waals surface area contributed by atoms with Crippen LogP contribution in [0.5, 0.6) is 5.75 Å². The topological polar surface area (TPSA) is 111 Å². The van der Waals surface area contributed by atoms with Crippen LogP contribution in [0, 0.1) is 0 Å². The molecule has 0 bridgehead atoms. The maximum absolute atomic E-state index is 11.6. The molecule has 0 saturated heterocycles. The molecule has 0 fully saturated rings. The Morgan fingerprint density at radius 3 is 2.48 bits per heavy atom. The van der Waals surface area contributed by atoms with E-state index in [1.807, 2.05) is 0 Å². The molecule has 1 rings (SSSR count). The van der Waals surface area contributed by atoms with Crippen molar-refractivity contribution in [1.82, 2.24) is 5.32 Å². The molecule has 0 aliphatic rings. The smallest absolute Gasteiger partial charge is 0.408 e. The number of carboxylic acids is 1. The van der Waals surface area contributed by atoms with Gasteiger partial charge in [-0.1, -0.05) is 12.1 Å². The number of carbonyl (C=O) groups excluding carboxylic acids is 1. The van der Waals surface area contributed by atoms with Crippen molar-refractivity contribution in [2.45, 2.75) is 32.4 Å². The molecule has 1 aromatic carbocycles. The van der Waals surface area contributed by atoms with Crippen LogP contribution in [0.1, 0.15) is 20.8 Å². The lowest BCUT2D eigenvalue weighted by molar-refractivity contribution is -0.140. The Hall–Kier alpha value is -2.44. The van der Waals surface area contributed by atoms with E-state index < -0.39 is 23.7 Å². The molecular formula is C14H20N2O5. The third kappa shape index (κ3) is 6.03. The van der Waals surface area contributed by atoms with Crippen LogP contribution in [-0.4, -0.2) is 35.4 Å². The normalized spacial score (nSPS) is 12.3. The van der Waals surface area contributed by atoms with Crippen LogP contribution >= 0.6 is 0 Å². The fraction of sp³-hybridized carbons (Fsp3) is 0.429. The zero-order valence-electron chi connectivity index (χ0n) is 12.3. The number of aliphatic carboxylic acids is 1. The molecule has 0 aromatic heterocycles. The van der Waals surface area contributed by atoms with E-state index in [1.165, 1.54) is 0 Å². The Morgan fingerprint density at radius 2 is 1.95 bits per heavy atom. The van der Waals surface area contributed by atoms with Gasteiger partial charge in [-0.2, -0.15) is 0 Å². The van der Waals surface area contributed by atoms with Gasteiger partial charge in [-0.25, -0.2) is 9.59 Å². The van der Waals surface area contributed by atoms with E-state index in [0.717, 1.165) is 0 Å². The van der Waals surface area contributed by atoms with Crippen LogP contribution < -0.4 is 15.8 Å². The van der Waals surface area contributed by atoms with Gasteiger partial charge in [0.25, 0.3) is 0 Å². The number of alkyl carbamates (subject to hydrolysis) is 1. The molecule has 0 radical (unpaired) electrons. The lowest BCUT2D eigenvalue weighted by Gasteiger charge is -2.22. The van der Waals surface area contributed by atoms with Gasteiger partial charge < -0.3 is 25.6 Å². The number of nitrogens with two attached hydrogens (primary N) is 1. The summed E-state index contributed by atoms with van der Waals surface area (Å²) in [4.78, 5) is 22.7. The SMILES string of the molecule is CC(C)(C)OC(=O)NC(COc1ccccc1N)C(=O)O. The van der Waals surface area contributed by atoms with Crippen molar-refractivity contribution in [2.24, 2.45) is 0 Å². The number of ether oxygens (including phenoxy) is 2. The van der Waals surface area contributed by atoms with Crippen LogP contribution in [0.4, 0.5) is 10.5 Å². The summed E-state index contributed by atoms with van der Waals surface area (Å²) in [5.41, 5.74) is 5.36. The number of amides is 1. The summed E-state index contributed by atoms with van der Waals surface area (Å²) in [5, 5.41) is 11.3. The molecule has 1 amide bonds. The minimum atomic E-state index is -1.24. The number of benzene rings is 1. The van der Waals surface area contributed by atoms with Gasteiger partial charge in [0, 0.05) is 0 Å². The summed E-state index contributed by atoms with van der Waals surface area (Å²) in [6.45, 7) is 4.79. The molecule has 1 unspecified atom stereocenters. The highest BCUT2D eigenvalue weighted by Gasteiger charge is 2.24. The molecule has 21 heavy (non-hydrogen) atoms. The van der Waals surface area contributed by atoms with Gasteiger partial charge >= 0.3 is 12.1 Å². The Morgan fingerprint density at radius 1 is 1.33 bits per heavy atom. The summed E-state index contributed by atoms with van der Waals surface area (Å²) in [6.07, 6.45) is -0.820. The van der Waals surface area contributed by atoms with Crippen LogP contribution in [0.3, 0.4) is 0 Å². The molecule has 0 saturated carbocycles. The molecule has 0 aliphatic carbocycles. The van der Waals surface area contributed by atoms with Crippen LogP contribution in [0.25, 0.3) is 0 Å². The Kier molecular flexibility index (Phi) is 5.40. The number of para-hydroxylation sites is 2. The van der Waals surface area contributed by atoms with Crippen molar-refractivity contribution in [3.8, 4) is 5.75 Å². The highest BCUT2D eigenvalue weighted by molar-refractivity contribution is 5.80. The molecular weight excluding hydrogens is 276 g/mol. The number of nitrogen functional groups attached to an aromatic ring is 1. The maximum Gasteiger partial charge on any atom is 0.408 e. The quantitative estimate of drug-likeness (QED) is 0.712. The standard InChI is InChI=1S/C14H20N2O5/c1-14(2,3)21-13(19)16-10(12(17)18)8-20-11-7-5-4-6-9(11)15/h4-7,10H,8,15H2,1-3H3,(H,16,19)(H,17,18). The predicted octanol–water partition coefficient (Wildman–Crippen LogP) is 1.63. The van der Waals surface area contributed by atoms with Crippen molar-refractivity contribution in [2.75, 3.05) is 12.3 Å². The maximum atomic E-state index is 11.6. The number of anilines is 1. The summed E-state index contributed by atoms with van der Waals surface area (Å²) in [5.74, 6) is -0.870. The second-order valence-electron chi connectivity index (χ2n) is 5.39. The molecule has 0 spiro atoms. The first-order chi connectivity index (χ1) is 9.69. The zero-order valence-corrected chi connectivity index (χ0v) is 12.3. The summed E-state index contributed by atoms with van der Waals surface area (Å²) in [6, 6.07) is 5.45. The first-order valence-electron chi connectivity index (χ1n) is 6.38. The first kappa shape index (κ1) is 16.6. The summed E-state index contributed by atoms with van der Waals surface area (Å²) >= 11 is 0. The van der Waals surface area contributed by atoms with Crippen LogP contribution in [0.2, 0.25) is 0 Å². The van der Waals surface area contributed by atoms with E-state index >= 15 is 0 Å². The number of nitrogens with one attached hydrogen (secondary N) is 1. The highest BCUT2D eigenvalue weighted by atomic mass is 16.6. The lowest BCUT2D eigenvalue weighted by atomic mass is 10.2. The number of carbonyl (C=O) groups is 2. The molecule has 4 N–H and O–H groups in total. The van der Waals surface area contributed by atoms with Crippen LogP contribution in [-0.2, 0) is 9.53 Å². The van der Waals surface area contributed by atoms with Crippen molar-refractivity contribution in [3.63, 3.8) is 0 Å². The third-order valence-corrected chi connectivity index (χ3v) is 2.31. The van der Waals surface area contributed by atoms with Crippen molar-refractivity contribution in [3.05, 3.63) is 24.3 Å². The molecule has 7 nitrogen and oxygen atoms in total. The van der Waals surface area contributed by atoms with Gasteiger partial charge in [-0.05, 0) is 32.9 Å². The largest absolute Gasteiger partial charge is 0.489 e. The van der Waals surface area contributed by atoms with E-state index in [-0.39, 0.29) is 6.61 Å². The van der Waals surface area contributed by atoms with E-state index in [1.54, 1.807) is 45.0 Å². The minimum absolute atomic E-state index is 0.261. The van der Waals surface area contributed by atoms with Crippen LogP contribution in [0.15, 0.2) is 24.3 Å². The molecule has 1 aromatic rings. The third-order valence-electron chi connectivity index (χ3n) is 2.31. The van der Waals surface area contributed by atoms with E-state index in [4.69, 9.17) is 20.3 Å². The Balaban J connectivity index is 2.61.